The smallest absolute Gasteiger partial charge is 0.242 e. The molecule has 3 aromatic heterocycles. The van der Waals surface area contributed by atoms with Gasteiger partial charge in [0, 0.05) is 71.1 Å². The van der Waals surface area contributed by atoms with Gasteiger partial charge in [-0.2, -0.15) is 0 Å². The highest BCUT2D eigenvalue weighted by Gasteiger charge is 2.57. The molecule has 14 heteroatoms. The van der Waals surface area contributed by atoms with Gasteiger partial charge in [0.15, 0.2) is 6.10 Å². The molecule has 0 saturated carbocycles. The van der Waals surface area contributed by atoms with Crippen LogP contribution in [0.2, 0.25) is 0 Å². The van der Waals surface area contributed by atoms with Crippen LogP contribution < -0.4 is 18.9 Å². The van der Waals surface area contributed by atoms with Crippen molar-refractivity contribution in [1.29, 1.82) is 0 Å². The third kappa shape index (κ3) is 8.40. The number of piperidine rings is 6. The SMILES string of the molecule is COc1ccc2nccc([C@@H](Oc3nnc(O[C@H](c4ccnc5ccc(OC)cc45)[C@@H]4C[C@@H]5CC[N@@+]4(Cc4ccccc4)C[C@@H]5C(O)CO)c4ccccc34)[C@@H]3C[C@@H]4CCN3C[C@@H]4C(O)CO)c2c1. The number of quaternary nitrogens is 1. The number of hydrogen-bond donors (Lipinski definition) is 4. The first-order chi connectivity index (χ1) is 33.8. The average Bonchev–Trinajstić information content (AvgIpc) is 3.41. The van der Waals surface area contributed by atoms with Gasteiger partial charge in [0.05, 0.1) is 80.6 Å². The van der Waals surface area contributed by atoms with Gasteiger partial charge in [-0.3, -0.25) is 14.9 Å². The zero-order valence-corrected chi connectivity index (χ0v) is 39.1. The Kier molecular flexibility index (Phi) is 12.6. The van der Waals surface area contributed by atoms with E-state index in [9.17, 15) is 20.4 Å². The van der Waals surface area contributed by atoms with Crippen LogP contribution in [0.4, 0.5) is 0 Å². The predicted octanol–water partition coefficient (Wildman–Crippen LogP) is 6.83. The quantitative estimate of drug-likeness (QED) is 0.0745. The van der Waals surface area contributed by atoms with Crippen molar-refractivity contribution in [2.45, 2.75) is 68.7 Å². The van der Waals surface area contributed by atoms with E-state index in [1.807, 2.05) is 85.2 Å². The molecule has 7 aromatic rings. The molecule has 6 saturated heterocycles. The molecule has 9 heterocycles. The minimum atomic E-state index is -0.817. The van der Waals surface area contributed by atoms with Gasteiger partial charge in [-0.25, -0.2) is 0 Å². The van der Waals surface area contributed by atoms with Gasteiger partial charge < -0.3 is 43.9 Å². The Morgan fingerprint density at radius 1 is 0.652 bits per heavy atom. The Labute approximate surface area is 401 Å². The summed E-state index contributed by atoms with van der Waals surface area (Å²) in [4.78, 5) is 11.9. The standard InChI is InChI=1S/C55H61N6O8/c1-66-36-12-14-46-42(26-36)38(16-20-56-46)52(48-24-34-18-22-60(48)28-44(34)50(64)31-62)68-54-40-10-6-7-11-41(40)55(59-58-54)69-53(39-17-21-57-47-15-13-37(67-2)27-43(39)47)49-25-35-19-23-61(49,30-45(35)51(65)32-63)29-33-8-4-3-5-9-33/h3-17,20-21,26-27,34-35,44-45,48-53,62-65H,18-19,22-25,28-32H2,1-2H3/q+1/t34-,35-,44-,45-,48-,49-,50?,51?,52+,53+,61+/m0/s1. The van der Waals surface area contributed by atoms with Crippen LogP contribution in [-0.4, -0.2) is 128 Å². The highest BCUT2D eigenvalue weighted by Crippen LogP contribution is 2.51. The molecule has 69 heavy (non-hydrogen) atoms. The maximum Gasteiger partial charge on any atom is 0.242 e. The van der Waals surface area contributed by atoms with Crippen molar-refractivity contribution in [2.24, 2.45) is 23.7 Å². The van der Waals surface area contributed by atoms with Gasteiger partial charge in [-0.15, -0.1) is 10.2 Å². The van der Waals surface area contributed by atoms with Crippen molar-refractivity contribution >= 4 is 32.6 Å². The van der Waals surface area contributed by atoms with E-state index in [1.54, 1.807) is 14.2 Å². The van der Waals surface area contributed by atoms with Crippen LogP contribution >= 0.6 is 0 Å². The van der Waals surface area contributed by atoms with E-state index < -0.39 is 24.4 Å². The highest BCUT2D eigenvalue weighted by atomic mass is 16.5. The molecule has 0 aliphatic carbocycles. The van der Waals surface area contributed by atoms with Crippen molar-refractivity contribution in [3.8, 4) is 23.3 Å². The lowest BCUT2D eigenvalue weighted by molar-refractivity contribution is -0.986. The number of aromatic nitrogens is 4. The minimum Gasteiger partial charge on any atom is -0.497 e. The molecule has 4 N–H and O–H groups in total. The van der Waals surface area contributed by atoms with Crippen LogP contribution in [0.1, 0.15) is 54.6 Å². The van der Waals surface area contributed by atoms with E-state index in [-0.39, 0.29) is 49.0 Å². The molecule has 358 valence electrons. The molecule has 0 amide bonds. The van der Waals surface area contributed by atoms with Crippen LogP contribution in [0.25, 0.3) is 32.6 Å². The Hall–Kier alpha value is -6.00. The van der Waals surface area contributed by atoms with Crippen molar-refractivity contribution in [3.63, 3.8) is 0 Å². The third-order valence-corrected chi connectivity index (χ3v) is 16.3. The summed E-state index contributed by atoms with van der Waals surface area (Å²) in [6, 6.07) is 34.3. The number of ether oxygens (including phenoxy) is 4. The number of fused-ring (bicyclic) bond motifs is 9. The summed E-state index contributed by atoms with van der Waals surface area (Å²) in [5.74, 6) is 2.45. The summed E-state index contributed by atoms with van der Waals surface area (Å²) in [6.07, 6.45) is 4.41. The summed E-state index contributed by atoms with van der Waals surface area (Å²) >= 11 is 0. The molecular formula is C55H61N6O8+. The lowest BCUT2D eigenvalue weighted by Crippen LogP contribution is -2.69. The molecule has 4 aromatic carbocycles. The van der Waals surface area contributed by atoms with Gasteiger partial charge in [0.25, 0.3) is 0 Å². The fourth-order valence-corrected chi connectivity index (χ4v) is 12.8. The Morgan fingerprint density at radius 3 is 1.83 bits per heavy atom. The first-order valence-corrected chi connectivity index (χ1v) is 24.4. The molecule has 6 aliphatic rings. The lowest BCUT2D eigenvalue weighted by atomic mass is 9.69. The average molecular weight is 934 g/mol. The normalized spacial score (nSPS) is 27.0. The van der Waals surface area contributed by atoms with Gasteiger partial charge in [-0.1, -0.05) is 42.5 Å². The van der Waals surface area contributed by atoms with E-state index in [1.165, 1.54) is 5.56 Å². The molecule has 4 bridgehead atoms. The Bertz CT molecular complexity index is 2950. The molecule has 0 radical (unpaired) electrons. The monoisotopic (exact) mass is 933 g/mol. The third-order valence-electron chi connectivity index (χ3n) is 16.3. The number of hydrogen-bond acceptors (Lipinski definition) is 13. The number of nitrogens with zero attached hydrogens (tertiary/aromatic N) is 6. The maximum atomic E-state index is 11.3. The molecule has 13 rings (SSSR count). The number of rotatable bonds is 16. The molecule has 0 spiro atoms. The summed E-state index contributed by atoms with van der Waals surface area (Å²) in [5, 5.41) is 55.7. The van der Waals surface area contributed by atoms with Crippen molar-refractivity contribution in [1.82, 2.24) is 25.1 Å². The summed E-state index contributed by atoms with van der Waals surface area (Å²) in [5.41, 5.74) is 4.73. The zero-order valence-electron chi connectivity index (χ0n) is 39.1. The van der Waals surface area contributed by atoms with Crippen LogP contribution in [0.5, 0.6) is 23.3 Å². The predicted molar refractivity (Wildman–Crippen MR) is 261 cm³/mol. The van der Waals surface area contributed by atoms with Gasteiger partial charge in [0.1, 0.15) is 30.2 Å². The summed E-state index contributed by atoms with van der Waals surface area (Å²) < 4.78 is 27.0. The van der Waals surface area contributed by atoms with Crippen LogP contribution in [0.15, 0.2) is 116 Å². The largest absolute Gasteiger partial charge is 0.497 e. The number of pyridine rings is 2. The molecular weight excluding hydrogens is 873 g/mol. The second-order valence-electron chi connectivity index (χ2n) is 19.8. The molecule has 3 unspecified atom stereocenters. The van der Waals surface area contributed by atoms with Crippen molar-refractivity contribution < 1.29 is 43.9 Å². The van der Waals surface area contributed by atoms with Gasteiger partial charge in [-0.05, 0) is 91.9 Å². The van der Waals surface area contributed by atoms with E-state index in [0.29, 0.717) is 40.8 Å². The second-order valence-corrected chi connectivity index (χ2v) is 19.8. The molecule has 6 fully saturated rings. The summed E-state index contributed by atoms with van der Waals surface area (Å²) in [7, 11) is 3.33. The van der Waals surface area contributed by atoms with Gasteiger partial charge in [0.2, 0.25) is 11.8 Å². The first-order valence-electron chi connectivity index (χ1n) is 24.4. The van der Waals surface area contributed by atoms with Crippen molar-refractivity contribution in [2.75, 3.05) is 53.6 Å². The summed E-state index contributed by atoms with van der Waals surface area (Å²) in [6.45, 7) is 3.25. The van der Waals surface area contributed by atoms with E-state index in [2.05, 4.69) is 35.2 Å². The Morgan fingerprint density at radius 2 is 1.23 bits per heavy atom. The van der Waals surface area contributed by atoms with Gasteiger partial charge >= 0.3 is 0 Å². The molecule has 14 nitrogen and oxygen atoms in total. The maximum absolute atomic E-state index is 11.3. The molecule has 6 aliphatic heterocycles. The van der Waals surface area contributed by atoms with Crippen LogP contribution in [-0.2, 0) is 6.54 Å². The zero-order chi connectivity index (χ0) is 47.2. The van der Waals surface area contributed by atoms with E-state index in [0.717, 1.165) is 89.0 Å². The lowest BCUT2D eigenvalue weighted by Gasteiger charge is -2.59. The number of aliphatic hydroxyl groups is 4. The van der Waals surface area contributed by atoms with E-state index >= 15 is 0 Å². The number of benzene rings is 4. The fraction of sp³-hybridized carbons (Fsp3) is 0.418. The molecule has 12 atom stereocenters. The van der Waals surface area contributed by atoms with Crippen LogP contribution in [0.3, 0.4) is 0 Å². The number of aliphatic hydroxyl groups excluding tert-OH is 4. The van der Waals surface area contributed by atoms with E-state index in [4.69, 9.17) is 39.1 Å². The minimum absolute atomic E-state index is 0.0333. The topological polar surface area (TPSA) is 173 Å². The second kappa shape index (κ2) is 19.1. The van der Waals surface area contributed by atoms with Crippen LogP contribution in [0, 0.1) is 23.7 Å². The fourth-order valence-electron chi connectivity index (χ4n) is 12.8. The highest BCUT2D eigenvalue weighted by molar-refractivity contribution is 5.91. The first kappa shape index (κ1) is 45.4. The number of methoxy groups -OCH3 is 2. The Balaban J connectivity index is 1.03. The van der Waals surface area contributed by atoms with Crippen molar-refractivity contribution in [3.05, 3.63) is 132 Å².